The summed E-state index contributed by atoms with van der Waals surface area (Å²) in [5.74, 6) is 0.980. The van der Waals surface area contributed by atoms with Crippen molar-refractivity contribution in [2.75, 3.05) is 19.7 Å². The highest BCUT2D eigenvalue weighted by atomic mass is 16.5. The van der Waals surface area contributed by atoms with E-state index in [0.29, 0.717) is 12.0 Å². The molecule has 2 aromatic rings. The van der Waals surface area contributed by atoms with Crippen LogP contribution in [0.1, 0.15) is 49.8 Å². The maximum Gasteiger partial charge on any atom is 0.237 e. The van der Waals surface area contributed by atoms with E-state index in [4.69, 9.17) is 4.74 Å². The molecule has 2 aliphatic rings. The van der Waals surface area contributed by atoms with Crippen molar-refractivity contribution in [1.82, 2.24) is 10.2 Å². The minimum atomic E-state index is -0.0974. The SMILES string of the molecule is C[C@H](NC(=O)[C@H]1CC2(CCN1CCOc1ccccc1)CC2)c1ccc(CO)cc1. The number of hydrogen-bond acceptors (Lipinski definition) is 4. The second-order valence-electron chi connectivity index (χ2n) is 8.80. The highest BCUT2D eigenvalue weighted by Gasteiger charge is 2.49. The van der Waals surface area contributed by atoms with Crippen LogP contribution < -0.4 is 10.1 Å². The molecule has 2 fully saturated rings. The van der Waals surface area contributed by atoms with Gasteiger partial charge in [0.25, 0.3) is 0 Å². The molecular formula is C25H32N2O3. The van der Waals surface area contributed by atoms with Gasteiger partial charge in [-0.2, -0.15) is 0 Å². The number of carbonyl (C=O) groups is 1. The Morgan fingerprint density at radius 3 is 2.57 bits per heavy atom. The van der Waals surface area contributed by atoms with E-state index in [1.807, 2.05) is 61.5 Å². The maximum atomic E-state index is 13.2. The summed E-state index contributed by atoms with van der Waals surface area (Å²) in [6.07, 6.45) is 4.63. The largest absolute Gasteiger partial charge is 0.492 e. The fraction of sp³-hybridized carbons (Fsp3) is 0.480. The molecule has 1 saturated heterocycles. The Hall–Kier alpha value is -2.37. The lowest BCUT2D eigenvalue weighted by Gasteiger charge is -2.39. The predicted octanol–water partition coefficient (Wildman–Crippen LogP) is 3.68. The van der Waals surface area contributed by atoms with Crippen LogP contribution in [0.3, 0.4) is 0 Å². The highest BCUT2D eigenvalue weighted by Crippen LogP contribution is 2.55. The minimum Gasteiger partial charge on any atom is -0.492 e. The molecule has 2 atom stereocenters. The molecule has 0 bridgehead atoms. The molecular weight excluding hydrogens is 376 g/mol. The summed E-state index contributed by atoms with van der Waals surface area (Å²) in [4.78, 5) is 15.5. The molecule has 5 nitrogen and oxygen atoms in total. The minimum absolute atomic E-state index is 0.0329. The Morgan fingerprint density at radius 1 is 1.17 bits per heavy atom. The van der Waals surface area contributed by atoms with Crippen molar-refractivity contribution < 1.29 is 14.6 Å². The van der Waals surface area contributed by atoms with Crippen molar-refractivity contribution in [2.24, 2.45) is 5.41 Å². The first-order valence-electron chi connectivity index (χ1n) is 11.0. The van der Waals surface area contributed by atoms with Gasteiger partial charge in [0.2, 0.25) is 5.91 Å². The molecule has 0 unspecified atom stereocenters. The molecule has 1 spiro atoms. The molecule has 160 valence electrons. The van der Waals surface area contributed by atoms with Crippen LogP contribution in [0.2, 0.25) is 0 Å². The van der Waals surface area contributed by atoms with Crippen LogP contribution in [0.4, 0.5) is 0 Å². The number of hydrogen-bond donors (Lipinski definition) is 2. The number of aliphatic hydroxyl groups excluding tert-OH is 1. The normalized spacial score (nSPS) is 21.2. The Morgan fingerprint density at radius 2 is 1.90 bits per heavy atom. The van der Waals surface area contributed by atoms with E-state index in [9.17, 15) is 9.90 Å². The molecule has 30 heavy (non-hydrogen) atoms. The van der Waals surface area contributed by atoms with Crippen LogP contribution in [0, 0.1) is 5.41 Å². The number of nitrogens with one attached hydrogen (secondary N) is 1. The maximum absolute atomic E-state index is 13.2. The number of nitrogens with zero attached hydrogens (tertiary/aromatic N) is 1. The molecule has 1 aliphatic carbocycles. The number of likely N-dealkylation sites (tertiary alicyclic amines) is 1. The first-order chi connectivity index (χ1) is 14.6. The average molecular weight is 409 g/mol. The molecule has 1 aliphatic heterocycles. The van der Waals surface area contributed by atoms with Gasteiger partial charge in [0, 0.05) is 6.54 Å². The smallest absolute Gasteiger partial charge is 0.237 e. The molecule has 4 rings (SSSR count). The topological polar surface area (TPSA) is 61.8 Å². The van der Waals surface area contributed by atoms with Gasteiger partial charge in [-0.3, -0.25) is 9.69 Å². The summed E-state index contributed by atoms with van der Waals surface area (Å²) >= 11 is 0. The summed E-state index contributed by atoms with van der Waals surface area (Å²) in [6, 6.07) is 17.4. The van der Waals surface area contributed by atoms with Crippen LogP contribution >= 0.6 is 0 Å². The third-order valence-electron chi connectivity index (χ3n) is 6.67. The monoisotopic (exact) mass is 408 g/mol. The van der Waals surface area contributed by atoms with E-state index in [1.54, 1.807) is 0 Å². The Balaban J connectivity index is 1.36. The van der Waals surface area contributed by atoms with Gasteiger partial charge in [0.1, 0.15) is 12.4 Å². The van der Waals surface area contributed by atoms with Gasteiger partial charge < -0.3 is 15.2 Å². The zero-order chi connectivity index (χ0) is 21.0. The number of carbonyl (C=O) groups excluding carboxylic acids is 1. The van der Waals surface area contributed by atoms with Crippen LogP contribution in [0.15, 0.2) is 54.6 Å². The summed E-state index contributed by atoms with van der Waals surface area (Å²) in [5, 5.41) is 12.4. The lowest BCUT2D eigenvalue weighted by Crippen LogP contribution is -2.53. The molecule has 1 amide bonds. The van der Waals surface area contributed by atoms with Crippen molar-refractivity contribution in [2.45, 2.75) is 51.3 Å². The molecule has 1 heterocycles. The van der Waals surface area contributed by atoms with Crippen LogP contribution in [-0.4, -0.2) is 41.7 Å². The van der Waals surface area contributed by atoms with E-state index in [-0.39, 0.29) is 24.6 Å². The summed E-state index contributed by atoms with van der Waals surface area (Å²) in [7, 11) is 0. The summed E-state index contributed by atoms with van der Waals surface area (Å²) in [6.45, 7) is 4.34. The standard InChI is InChI=1S/C25H32N2O3/c1-19(21-9-7-20(18-28)8-10-21)26-24(29)23-17-25(11-12-25)13-14-27(23)15-16-30-22-5-3-2-4-6-22/h2-10,19,23,28H,11-18H2,1H3,(H,26,29)/t19-,23+/m0/s1. The van der Waals surface area contributed by atoms with Gasteiger partial charge in [-0.1, -0.05) is 42.5 Å². The van der Waals surface area contributed by atoms with Gasteiger partial charge in [-0.05, 0) is 67.8 Å². The number of aliphatic hydroxyl groups is 1. The quantitative estimate of drug-likeness (QED) is 0.700. The van der Waals surface area contributed by atoms with E-state index < -0.39 is 0 Å². The zero-order valence-electron chi connectivity index (χ0n) is 17.7. The van der Waals surface area contributed by atoms with E-state index in [0.717, 1.165) is 36.4 Å². The van der Waals surface area contributed by atoms with Crippen molar-refractivity contribution in [3.05, 3.63) is 65.7 Å². The number of para-hydroxylation sites is 1. The molecule has 5 heteroatoms. The first-order valence-corrected chi connectivity index (χ1v) is 11.0. The van der Waals surface area contributed by atoms with E-state index >= 15 is 0 Å². The zero-order valence-corrected chi connectivity index (χ0v) is 17.7. The fourth-order valence-corrected chi connectivity index (χ4v) is 4.44. The van der Waals surface area contributed by atoms with Crippen molar-refractivity contribution in [3.8, 4) is 5.75 Å². The van der Waals surface area contributed by atoms with Gasteiger partial charge in [0.05, 0.1) is 18.7 Å². The van der Waals surface area contributed by atoms with E-state index in [1.165, 1.54) is 19.3 Å². The Labute approximate surface area is 179 Å². The predicted molar refractivity (Wildman–Crippen MR) is 117 cm³/mol. The van der Waals surface area contributed by atoms with Gasteiger partial charge >= 0.3 is 0 Å². The number of rotatable bonds is 8. The molecule has 1 saturated carbocycles. The Bertz CT molecular complexity index is 833. The van der Waals surface area contributed by atoms with Gasteiger partial charge in [-0.25, -0.2) is 0 Å². The average Bonchev–Trinajstić information content (AvgIpc) is 3.54. The molecule has 2 aromatic carbocycles. The number of benzene rings is 2. The third-order valence-corrected chi connectivity index (χ3v) is 6.67. The number of amides is 1. The number of piperidine rings is 1. The fourth-order valence-electron chi connectivity index (χ4n) is 4.44. The van der Waals surface area contributed by atoms with Crippen LogP contribution in [0.25, 0.3) is 0 Å². The first kappa shape index (κ1) is 20.9. The van der Waals surface area contributed by atoms with E-state index in [2.05, 4.69) is 10.2 Å². The van der Waals surface area contributed by atoms with Crippen molar-refractivity contribution in [3.63, 3.8) is 0 Å². The van der Waals surface area contributed by atoms with Crippen molar-refractivity contribution >= 4 is 5.91 Å². The summed E-state index contributed by atoms with van der Waals surface area (Å²) in [5.41, 5.74) is 2.33. The van der Waals surface area contributed by atoms with Gasteiger partial charge in [-0.15, -0.1) is 0 Å². The van der Waals surface area contributed by atoms with Crippen molar-refractivity contribution in [1.29, 1.82) is 0 Å². The van der Waals surface area contributed by atoms with Crippen LogP contribution in [-0.2, 0) is 11.4 Å². The highest BCUT2D eigenvalue weighted by molar-refractivity contribution is 5.82. The lowest BCUT2D eigenvalue weighted by molar-refractivity contribution is -0.129. The molecule has 2 N–H and O–H groups in total. The molecule has 0 aromatic heterocycles. The third kappa shape index (κ3) is 5.02. The number of ether oxygens (including phenoxy) is 1. The summed E-state index contributed by atoms with van der Waals surface area (Å²) < 4.78 is 5.88. The molecule has 0 radical (unpaired) electrons. The second-order valence-corrected chi connectivity index (χ2v) is 8.80. The second kappa shape index (κ2) is 9.19. The lowest BCUT2D eigenvalue weighted by atomic mass is 9.87. The van der Waals surface area contributed by atoms with Crippen LogP contribution in [0.5, 0.6) is 5.75 Å². The Kier molecular flexibility index (Phi) is 6.40. The van der Waals surface area contributed by atoms with Gasteiger partial charge in [0.15, 0.2) is 0 Å².